The fraction of sp³-hybridized carbons (Fsp3) is 0.900. The van der Waals surface area contributed by atoms with Gasteiger partial charge in [-0.15, -0.1) is 0 Å². The number of hydrogen-bond donors (Lipinski definition) is 0. The summed E-state index contributed by atoms with van der Waals surface area (Å²) in [5, 5.41) is 0. The van der Waals surface area contributed by atoms with E-state index in [1.807, 2.05) is 6.79 Å². The van der Waals surface area contributed by atoms with Crippen molar-refractivity contribution in [2.45, 2.75) is 20.3 Å². The fourth-order valence-electron chi connectivity index (χ4n) is 1.27. The number of carbonyl (C=O) groups excluding carboxylic acids is 1. The van der Waals surface area contributed by atoms with Gasteiger partial charge in [0.2, 0.25) is 0 Å². The SMILES string of the molecule is C=O.CC(C)CCN1CCSCC1. The average molecular weight is 203 g/mol. The lowest BCUT2D eigenvalue weighted by Crippen LogP contribution is -2.33. The van der Waals surface area contributed by atoms with Crippen LogP contribution in [-0.4, -0.2) is 42.8 Å². The molecule has 0 unspecified atom stereocenters. The van der Waals surface area contributed by atoms with E-state index in [0.29, 0.717) is 0 Å². The van der Waals surface area contributed by atoms with E-state index in [2.05, 4.69) is 30.5 Å². The van der Waals surface area contributed by atoms with Crippen LogP contribution in [0, 0.1) is 5.92 Å². The van der Waals surface area contributed by atoms with Crippen LogP contribution >= 0.6 is 11.8 Å². The molecule has 0 amide bonds. The summed E-state index contributed by atoms with van der Waals surface area (Å²) in [7, 11) is 0. The molecule has 1 aliphatic heterocycles. The van der Waals surface area contributed by atoms with Crippen LogP contribution in [-0.2, 0) is 4.79 Å². The van der Waals surface area contributed by atoms with Crippen LogP contribution in [0.3, 0.4) is 0 Å². The van der Waals surface area contributed by atoms with Crippen molar-refractivity contribution in [2.24, 2.45) is 5.92 Å². The van der Waals surface area contributed by atoms with E-state index >= 15 is 0 Å². The zero-order chi connectivity index (χ0) is 10.1. The topological polar surface area (TPSA) is 20.3 Å². The molecular weight excluding hydrogens is 182 g/mol. The molecule has 0 aromatic carbocycles. The first-order chi connectivity index (χ1) is 6.29. The van der Waals surface area contributed by atoms with Gasteiger partial charge in [-0.1, -0.05) is 13.8 Å². The Bertz CT molecular complexity index is 113. The Morgan fingerprint density at radius 2 is 1.85 bits per heavy atom. The Hall–Kier alpha value is -0.0200. The summed E-state index contributed by atoms with van der Waals surface area (Å²) in [5.74, 6) is 3.56. The standard InChI is InChI=1S/C9H19NS.CH2O/c1-9(2)3-4-10-5-7-11-8-6-10;1-2/h9H,3-8H2,1-2H3;1H2. The van der Waals surface area contributed by atoms with E-state index in [0.717, 1.165) is 5.92 Å². The van der Waals surface area contributed by atoms with Gasteiger partial charge in [0.1, 0.15) is 6.79 Å². The van der Waals surface area contributed by atoms with Crippen LogP contribution in [0.15, 0.2) is 0 Å². The summed E-state index contributed by atoms with van der Waals surface area (Å²) < 4.78 is 0. The predicted molar refractivity (Wildman–Crippen MR) is 60.3 cm³/mol. The summed E-state index contributed by atoms with van der Waals surface area (Å²) in [6.45, 7) is 10.6. The number of hydrogen-bond acceptors (Lipinski definition) is 3. The summed E-state index contributed by atoms with van der Waals surface area (Å²) in [6, 6.07) is 0. The van der Waals surface area contributed by atoms with E-state index in [-0.39, 0.29) is 0 Å². The second-order valence-electron chi connectivity index (χ2n) is 3.64. The third-order valence-corrected chi connectivity index (χ3v) is 3.07. The minimum absolute atomic E-state index is 0.865. The molecule has 0 bridgehead atoms. The van der Waals surface area contributed by atoms with Gasteiger partial charge in [-0.2, -0.15) is 11.8 Å². The van der Waals surface area contributed by atoms with Gasteiger partial charge in [0, 0.05) is 24.6 Å². The molecule has 13 heavy (non-hydrogen) atoms. The van der Waals surface area contributed by atoms with Gasteiger partial charge in [0.25, 0.3) is 0 Å². The molecule has 2 nitrogen and oxygen atoms in total. The lowest BCUT2D eigenvalue weighted by molar-refractivity contribution is -0.0979. The highest BCUT2D eigenvalue weighted by atomic mass is 32.2. The summed E-state index contributed by atoms with van der Waals surface area (Å²) in [4.78, 5) is 10.6. The zero-order valence-corrected chi connectivity index (χ0v) is 9.61. The van der Waals surface area contributed by atoms with Crippen molar-refractivity contribution >= 4 is 18.6 Å². The molecule has 0 spiro atoms. The van der Waals surface area contributed by atoms with E-state index in [1.54, 1.807) is 0 Å². The molecule has 0 aliphatic carbocycles. The summed E-state index contributed by atoms with van der Waals surface area (Å²) in [5.41, 5.74) is 0. The van der Waals surface area contributed by atoms with Gasteiger partial charge in [0.05, 0.1) is 0 Å². The van der Waals surface area contributed by atoms with Crippen LogP contribution < -0.4 is 0 Å². The molecule has 0 saturated carbocycles. The number of rotatable bonds is 3. The second kappa shape index (κ2) is 8.57. The van der Waals surface area contributed by atoms with Gasteiger partial charge >= 0.3 is 0 Å². The Balaban J connectivity index is 0.000000671. The highest BCUT2D eigenvalue weighted by molar-refractivity contribution is 7.99. The van der Waals surface area contributed by atoms with Crippen molar-refractivity contribution < 1.29 is 4.79 Å². The molecule has 0 radical (unpaired) electrons. The van der Waals surface area contributed by atoms with E-state index in [4.69, 9.17) is 4.79 Å². The maximum atomic E-state index is 8.00. The molecule has 0 aromatic heterocycles. The van der Waals surface area contributed by atoms with Crippen molar-refractivity contribution in [3.8, 4) is 0 Å². The highest BCUT2D eigenvalue weighted by Crippen LogP contribution is 2.10. The van der Waals surface area contributed by atoms with Gasteiger partial charge in [-0.25, -0.2) is 0 Å². The molecule has 3 heteroatoms. The molecule has 1 saturated heterocycles. The Labute approximate surface area is 86.1 Å². The van der Waals surface area contributed by atoms with Crippen molar-refractivity contribution in [2.75, 3.05) is 31.1 Å². The zero-order valence-electron chi connectivity index (χ0n) is 8.79. The number of carbonyl (C=O) groups is 1. The van der Waals surface area contributed by atoms with Crippen LogP contribution in [0.1, 0.15) is 20.3 Å². The molecule has 0 aromatic rings. The average Bonchev–Trinajstić information content (AvgIpc) is 2.19. The predicted octanol–water partition coefficient (Wildman–Crippen LogP) is 1.90. The third-order valence-electron chi connectivity index (χ3n) is 2.13. The quantitative estimate of drug-likeness (QED) is 0.699. The third kappa shape index (κ3) is 7.08. The Morgan fingerprint density at radius 1 is 1.31 bits per heavy atom. The van der Waals surface area contributed by atoms with Gasteiger partial charge < -0.3 is 9.69 Å². The minimum atomic E-state index is 0.865. The van der Waals surface area contributed by atoms with Gasteiger partial charge in [-0.05, 0) is 18.9 Å². The first-order valence-electron chi connectivity index (χ1n) is 4.88. The Morgan fingerprint density at radius 3 is 2.31 bits per heavy atom. The first-order valence-corrected chi connectivity index (χ1v) is 6.03. The summed E-state index contributed by atoms with van der Waals surface area (Å²) in [6.07, 6.45) is 1.37. The number of thioether (sulfide) groups is 1. The fourth-order valence-corrected chi connectivity index (χ4v) is 2.24. The molecule has 1 fully saturated rings. The Kier molecular flexibility index (Phi) is 8.56. The van der Waals surface area contributed by atoms with Crippen molar-refractivity contribution in [3.63, 3.8) is 0 Å². The van der Waals surface area contributed by atoms with E-state index < -0.39 is 0 Å². The number of nitrogens with zero attached hydrogens (tertiary/aromatic N) is 1. The van der Waals surface area contributed by atoms with Crippen LogP contribution in [0.5, 0.6) is 0 Å². The van der Waals surface area contributed by atoms with Crippen LogP contribution in [0.25, 0.3) is 0 Å². The molecular formula is C10H21NOS. The monoisotopic (exact) mass is 203 g/mol. The largest absolute Gasteiger partial charge is 0.307 e. The molecule has 1 aliphatic rings. The van der Waals surface area contributed by atoms with E-state index in [9.17, 15) is 0 Å². The smallest absolute Gasteiger partial charge is 0.106 e. The first kappa shape index (κ1) is 13.0. The second-order valence-corrected chi connectivity index (χ2v) is 4.86. The molecule has 1 rings (SSSR count). The lowest BCUT2D eigenvalue weighted by atomic mass is 10.1. The van der Waals surface area contributed by atoms with Gasteiger partial charge in [-0.3, -0.25) is 0 Å². The van der Waals surface area contributed by atoms with Crippen molar-refractivity contribution in [3.05, 3.63) is 0 Å². The van der Waals surface area contributed by atoms with Crippen LogP contribution in [0.2, 0.25) is 0 Å². The highest BCUT2D eigenvalue weighted by Gasteiger charge is 2.09. The summed E-state index contributed by atoms with van der Waals surface area (Å²) >= 11 is 2.09. The maximum Gasteiger partial charge on any atom is 0.106 e. The molecule has 78 valence electrons. The maximum absolute atomic E-state index is 8.00. The molecule has 1 heterocycles. The molecule has 0 atom stereocenters. The van der Waals surface area contributed by atoms with Crippen LogP contribution in [0.4, 0.5) is 0 Å². The van der Waals surface area contributed by atoms with E-state index in [1.165, 1.54) is 37.6 Å². The minimum Gasteiger partial charge on any atom is -0.307 e. The normalized spacial score (nSPS) is 18.1. The van der Waals surface area contributed by atoms with Crippen molar-refractivity contribution in [1.82, 2.24) is 4.90 Å². The van der Waals surface area contributed by atoms with Gasteiger partial charge in [0.15, 0.2) is 0 Å². The lowest BCUT2D eigenvalue weighted by Gasteiger charge is -2.26. The van der Waals surface area contributed by atoms with Crippen molar-refractivity contribution in [1.29, 1.82) is 0 Å². The molecule has 0 N–H and O–H groups in total.